The fraction of sp³-hybridized carbons (Fsp3) is 0.174. The van der Waals surface area contributed by atoms with E-state index < -0.39 is 23.6 Å². The molecule has 1 fully saturated rings. The number of halogens is 3. The molecule has 1 aromatic heterocycles. The van der Waals surface area contributed by atoms with Gasteiger partial charge in [0.1, 0.15) is 17.4 Å². The second-order valence-electron chi connectivity index (χ2n) is 7.25. The first-order chi connectivity index (χ1) is 15.3. The molecule has 0 radical (unpaired) electrons. The van der Waals surface area contributed by atoms with Crippen LogP contribution in [0.5, 0.6) is 0 Å². The summed E-state index contributed by atoms with van der Waals surface area (Å²) in [6, 6.07) is 17.0. The Hall–Kier alpha value is -3.88. The van der Waals surface area contributed by atoms with Crippen LogP contribution in [0, 0.1) is 5.92 Å². The number of nitrogens with one attached hydrogen (secondary N) is 2. The van der Waals surface area contributed by atoms with Crippen molar-refractivity contribution < 1.29 is 27.2 Å². The Balaban J connectivity index is 1.43. The van der Waals surface area contributed by atoms with Crippen molar-refractivity contribution in [2.75, 3.05) is 6.54 Å². The number of hydrogen-bond acceptors (Lipinski definition) is 4. The quantitative estimate of drug-likeness (QED) is 0.357. The normalized spacial score (nSPS) is 18.7. The Morgan fingerprint density at radius 1 is 1.09 bits per heavy atom. The lowest BCUT2D eigenvalue weighted by atomic mass is 9.88. The number of alkyl halides is 3. The van der Waals surface area contributed by atoms with E-state index in [4.69, 9.17) is 4.42 Å². The van der Waals surface area contributed by atoms with Gasteiger partial charge in [0, 0.05) is 18.0 Å². The van der Waals surface area contributed by atoms with Crippen LogP contribution in [0.2, 0.25) is 0 Å². The average Bonchev–Trinajstić information content (AvgIpc) is 3.40. The van der Waals surface area contributed by atoms with Crippen LogP contribution in [-0.2, 0) is 15.8 Å². The van der Waals surface area contributed by atoms with Gasteiger partial charge in [-0.15, -0.1) is 0 Å². The molecule has 0 aliphatic carbocycles. The van der Waals surface area contributed by atoms with Gasteiger partial charge in [-0.1, -0.05) is 42.5 Å². The van der Waals surface area contributed by atoms with Crippen LogP contribution < -0.4 is 10.7 Å². The maximum atomic E-state index is 12.9. The van der Waals surface area contributed by atoms with E-state index in [1.807, 2.05) is 30.3 Å². The monoisotopic (exact) mass is 441 g/mol. The molecule has 9 heteroatoms. The minimum atomic E-state index is -4.46. The molecule has 2 unspecified atom stereocenters. The van der Waals surface area contributed by atoms with E-state index in [1.165, 1.54) is 30.5 Å². The summed E-state index contributed by atoms with van der Waals surface area (Å²) in [6.07, 6.45) is -3.24. The highest BCUT2D eigenvalue weighted by atomic mass is 19.4. The zero-order chi connectivity index (χ0) is 22.7. The number of furan rings is 1. The predicted octanol–water partition coefficient (Wildman–Crippen LogP) is 3.95. The second-order valence-corrected chi connectivity index (χ2v) is 7.25. The summed E-state index contributed by atoms with van der Waals surface area (Å²) in [5.41, 5.74) is 2.69. The van der Waals surface area contributed by atoms with Gasteiger partial charge in [-0.2, -0.15) is 18.3 Å². The number of benzene rings is 2. The average molecular weight is 441 g/mol. The van der Waals surface area contributed by atoms with Crippen LogP contribution in [0.25, 0.3) is 11.3 Å². The lowest BCUT2D eigenvalue weighted by Gasteiger charge is -2.15. The molecule has 32 heavy (non-hydrogen) atoms. The Bertz CT molecular complexity index is 1160. The van der Waals surface area contributed by atoms with Gasteiger partial charge in [0.05, 0.1) is 11.8 Å². The molecule has 2 N–H and O–H groups in total. The highest BCUT2D eigenvalue weighted by molar-refractivity contribution is 6.03. The molecule has 2 atom stereocenters. The summed E-state index contributed by atoms with van der Waals surface area (Å²) in [6.45, 7) is 0.350. The smallest absolute Gasteiger partial charge is 0.416 e. The second kappa shape index (κ2) is 8.70. The van der Waals surface area contributed by atoms with Gasteiger partial charge in [0.2, 0.25) is 5.91 Å². The Morgan fingerprint density at radius 2 is 1.88 bits per heavy atom. The van der Waals surface area contributed by atoms with Gasteiger partial charge < -0.3 is 9.73 Å². The van der Waals surface area contributed by atoms with Gasteiger partial charge in [-0.05, 0) is 29.8 Å². The molecule has 2 aromatic carbocycles. The molecule has 4 rings (SSSR count). The van der Waals surface area contributed by atoms with E-state index in [9.17, 15) is 22.8 Å². The lowest BCUT2D eigenvalue weighted by Crippen LogP contribution is -2.34. The molecule has 1 aliphatic heterocycles. The van der Waals surface area contributed by atoms with Gasteiger partial charge in [-0.25, -0.2) is 5.43 Å². The summed E-state index contributed by atoms with van der Waals surface area (Å²) in [4.78, 5) is 24.7. The molecule has 164 valence electrons. The summed E-state index contributed by atoms with van der Waals surface area (Å²) < 4.78 is 44.2. The molecule has 2 amide bonds. The largest absolute Gasteiger partial charge is 0.455 e. The van der Waals surface area contributed by atoms with Crippen molar-refractivity contribution >= 4 is 18.0 Å². The zero-order valence-corrected chi connectivity index (χ0v) is 16.6. The third kappa shape index (κ3) is 4.56. The van der Waals surface area contributed by atoms with Crippen LogP contribution in [0.15, 0.2) is 76.2 Å². The van der Waals surface area contributed by atoms with Crippen LogP contribution >= 0.6 is 0 Å². The highest BCUT2D eigenvalue weighted by Crippen LogP contribution is 2.32. The van der Waals surface area contributed by atoms with Crippen molar-refractivity contribution in [1.82, 2.24) is 10.7 Å². The third-order valence-electron chi connectivity index (χ3n) is 5.16. The summed E-state index contributed by atoms with van der Waals surface area (Å²) in [5, 5.41) is 6.53. The van der Waals surface area contributed by atoms with Crippen molar-refractivity contribution in [2.45, 2.75) is 12.1 Å². The van der Waals surface area contributed by atoms with Gasteiger partial charge in [0.25, 0.3) is 5.91 Å². The fourth-order valence-electron chi connectivity index (χ4n) is 3.59. The molecular formula is C23H18F3N3O3. The van der Waals surface area contributed by atoms with E-state index in [0.717, 1.165) is 17.7 Å². The molecule has 6 nitrogen and oxygen atoms in total. The Kier molecular flexibility index (Phi) is 5.81. The Labute approximate surface area is 181 Å². The summed E-state index contributed by atoms with van der Waals surface area (Å²) in [7, 11) is 0. The Morgan fingerprint density at radius 3 is 2.62 bits per heavy atom. The van der Waals surface area contributed by atoms with E-state index in [0.29, 0.717) is 6.54 Å². The van der Waals surface area contributed by atoms with Crippen LogP contribution in [-0.4, -0.2) is 24.6 Å². The maximum Gasteiger partial charge on any atom is 0.416 e. The highest BCUT2D eigenvalue weighted by Gasteiger charge is 2.41. The first kappa shape index (κ1) is 21.4. The number of rotatable bonds is 5. The van der Waals surface area contributed by atoms with E-state index in [1.54, 1.807) is 0 Å². The lowest BCUT2D eigenvalue weighted by molar-refractivity contribution is -0.137. The predicted molar refractivity (Wildman–Crippen MR) is 111 cm³/mol. The van der Waals surface area contributed by atoms with Crippen molar-refractivity contribution in [3.05, 3.63) is 83.6 Å². The minimum Gasteiger partial charge on any atom is -0.455 e. The number of carbonyl (C=O) groups is 2. The third-order valence-corrected chi connectivity index (χ3v) is 5.16. The standard InChI is InChI=1S/C23H18F3N3O3/c24-23(25,26)16-8-4-7-15(11-16)19-10-9-17(32-19)12-28-29-22(31)20-18(13-27-21(20)30)14-5-2-1-3-6-14/h1-12,18,20H,13H2,(H,27,30)(H,29,31)/b28-12+. The number of nitrogens with zero attached hydrogens (tertiary/aromatic N) is 1. The summed E-state index contributed by atoms with van der Waals surface area (Å²) in [5.74, 6) is -1.72. The molecule has 2 heterocycles. The number of carbonyl (C=O) groups excluding carboxylic acids is 2. The first-order valence-corrected chi connectivity index (χ1v) is 9.76. The summed E-state index contributed by atoms with van der Waals surface area (Å²) >= 11 is 0. The van der Waals surface area contributed by atoms with Crippen molar-refractivity contribution in [1.29, 1.82) is 0 Å². The molecule has 3 aromatic rings. The SMILES string of the molecule is O=C1NCC(c2ccccc2)C1C(=O)N/N=C/c1ccc(-c2cccc(C(F)(F)F)c2)o1. The number of hydrazone groups is 1. The minimum absolute atomic E-state index is 0.225. The van der Waals surface area contributed by atoms with Crippen LogP contribution in [0.4, 0.5) is 13.2 Å². The molecule has 0 spiro atoms. The van der Waals surface area contributed by atoms with Gasteiger partial charge in [-0.3, -0.25) is 9.59 Å². The van der Waals surface area contributed by atoms with E-state index in [-0.39, 0.29) is 28.9 Å². The van der Waals surface area contributed by atoms with E-state index in [2.05, 4.69) is 15.8 Å². The molecule has 0 saturated carbocycles. The van der Waals surface area contributed by atoms with Gasteiger partial charge >= 0.3 is 6.18 Å². The molecule has 1 aliphatic rings. The molecule has 0 bridgehead atoms. The fourth-order valence-corrected chi connectivity index (χ4v) is 3.59. The van der Waals surface area contributed by atoms with Crippen molar-refractivity contribution in [3.8, 4) is 11.3 Å². The zero-order valence-electron chi connectivity index (χ0n) is 16.6. The topological polar surface area (TPSA) is 83.7 Å². The molecule has 1 saturated heterocycles. The van der Waals surface area contributed by atoms with Crippen LogP contribution in [0.3, 0.4) is 0 Å². The van der Waals surface area contributed by atoms with E-state index >= 15 is 0 Å². The van der Waals surface area contributed by atoms with Gasteiger partial charge in [0.15, 0.2) is 0 Å². The molecular weight excluding hydrogens is 423 g/mol. The van der Waals surface area contributed by atoms with Crippen molar-refractivity contribution in [3.63, 3.8) is 0 Å². The first-order valence-electron chi connectivity index (χ1n) is 9.76. The number of amides is 2. The van der Waals surface area contributed by atoms with Crippen molar-refractivity contribution in [2.24, 2.45) is 11.0 Å². The van der Waals surface area contributed by atoms with Crippen LogP contribution in [0.1, 0.15) is 22.8 Å². The maximum absolute atomic E-state index is 12.9. The number of hydrogen-bond donors (Lipinski definition) is 2.